The quantitative estimate of drug-likeness (QED) is 0.302. The molecule has 1 atom stereocenters. The molecule has 0 heterocycles. The highest BCUT2D eigenvalue weighted by Crippen LogP contribution is 2.21. The van der Waals surface area contributed by atoms with Crippen molar-refractivity contribution in [3.05, 3.63) is 113 Å². The van der Waals surface area contributed by atoms with Crippen molar-refractivity contribution < 1.29 is 10.2 Å². The van der Waals surface area contributed by atoms with Gasteiger partial charge in [0, 0.05) is 23.7 Å². The molecule has 0 aromatic heterocycles. The third-order valence-corrected chi connectivity index (χ3v) is 6.26. The first-order valence-corrected chi connectivity index (χ1v) is 11.5. The lowest BCUT2D eigenvalue weighted by molar-refractivity contribution is 0.259. The first-order chi connectivity index (χ1) is 16.1. The number of hydrogen-bond acceptors (Lipinski definition) is 2. The van der Waals surface area contributed by atoms with Crippen LogP contribution in [0.5, 0.6) is 5.75 Å². The predicted molar refractivity (Wildman–Crippen MR) is 150 cm³/mol. The Morgan fingerprint density at radius 3 is 2.29 bits per heavy atom. The number of methoxy groups -OCH3 is 1. The van der Waals surface area contributed by atoms with Crippen LogP contribution in [0.15, 0.2) is 91.0 Å². The molecule has 0 aliphatic carbocycles. The van der Waals surface area contributed by atoms with Crippen molar-refractivity contribution in [2.75, 3.05) is 20.7 Å². The van der Waals surface area contributed by atoms with Crippen molar-refractivity contribution in [3.63, 3.8) is 0 Å². The van der Waals surface area contributed by atoms with Gasteiger partial charge >= 0.3 is 0 Å². The lowest BCUT2D eigenvalue weighted by Gasteiger charge is -2.25. The number of nitrogens with zero attached hydrogens (tertiary/aromatic N) is 1. The second-order valence-electron chi connectivity index (χ2n) is 8.60. The van der Waals surface area contributed by atoms with Crippen molar-refractivity contribution >= 4 is 23.2 Å². The molecule has 0 bridgehead atoms. The van der Waals surface area contributed by atoms with Crippen LogP contribution in [0.25, 0.3) is 10.8 Å². The Labute approximate surface area is 215 Å². The monoisotopic (exact) mass is 487 g/mol. The van der Waals surface area contributed by atoms with E-state index in [1.165, 1.54) is 21.9 Å². The van der Waals surface area contributed by atoms with Crippen LogP contribution in [0.2, 0.25) is 0 Å². The van der Waals surface area contributed by atoms with Gasteiger partial charge in [-0.15, -0.1) is 12.4 Å². The van der Waals surface area contributed by atoms with Crippen LogP contribution in [0.1, 0.15) is 29.2 Å². The minimum Gasteiger partial charge on any atom is -0.497 e. The lowest BCUT2D eigenvalue weighted by Crippen LogP contribution is -2.32. The second-order valence-corrected chi connectivity index (χ2v) is 8.60. The molecule has 4 aromatic rings. The summed E-state index contributed by atoms with van der Waals surface area (Å²) in [6.45, 7) is 3.29. The Bertz CT molecular complexity index is 1280. The maximum atomic E-state index is 5.49. The molecule has 182 valence electrons. The lowest BCUT2D eigenvalue weighted by atomic mass is 9.99. The van der Waals surface area contributed by atoms with Gasteiger partial charge in [-0.2, -0.15) is 0 Å². The fourth-order valence-corrected chi connectivity index (χ4v) is 4.04. The first-order valence-electron chi connectivity index (χ1n) is 11.5. The van der Waals surface area contributed by atoms with Crippen LogP contribution >= 0.6 is 12.4 Å². The van der Waals surface area contributed by atoms with Gasteiger partial charge in [0.15, 0.2) is 0 Å². The fraction of sp³-hybridized carbons (Fsp3) is 0.226. The van der Waals surface area contributed by atoms with E-state index in [0.29, 0.717) is 6.04 Å². The zero-order valence-corrected chi connectivity index (χ0v) is 21.4. The van der Waals surface area contributed by atoms with Gasteiger partial charge in [0.25, 0.3) is 0 Å². The summed E-state index contributed by atoms with van der Waals surface area (Å²) >= 11 is 0. The number of hydrogen-bond donors (Lipinski definition) is 0. The highest BCUT2D eigenvalue weighted by atomic mass is 35.5. The number of fused-ring (bicyclic) bond motifs is 1. The van der Waals surface area contributed by atoms with Gasteiger partial charge in [-0.05, 0) is 79.0 Å². The van der Waals surface area contributed by atoms with Crippen molar-refractivity contribution in [3.8, 4) is 17.6 Å². The van der Waals surface area contributed by atoms with Crippen molar-refractivity contribution in [1.29, 1.82) is 0 Å². The average Bonchev–Trinajstić information content (AvgIpc) is 2.86. The van der Waals surface area contributed by atoms with Gasteiger partial charge in [0.2, 0.25) is 0 Å². The molecule has 4 rings (SSSR count). The molecule has 0 aliphatic heterocycles. The van der Waals surface area contributed by atoms with E-state index in [0.717, 1.165) is 36.3 Å². The third kappa shape index (κ3) is 7.60. The molecule has 0 spiro atoms. The Kier molecular flexibility index (Phi) is 10.8. The SMILES string of the molecule is COc1ccc(C#Cc2ccccc2)c(CC(C)N(C)CCc2ccc3ccccc3c2)c1.Cl.O. The molecule has 0 radical (unpaired) electrons. The highest BCUT2D eigenvalue weighted by Gasteiger charge is 2.13. The Balaban J connectivity index is 0.00000216. The standard InChI is InChI=1S/C31H31NO.ClH.H2O/c1-24(32(2)20-19-26-14-16-27-11-7-8-12-29(27)22-26)21-30-23-31(33-3)18-17-28(30)15-13-25-9-5-4-6-10-25;;/h4-12,14,16-18,22-24H,19-21H2,1-3H3;1H;1H2. The predicted octanol–water partition coefficient (Wildman–Crippen LogP) is 5.95. The molecule has 4 aromatic carbocycles. The minimum atomic E-state index is 0. The molecule has 0 amide bonds. The molecule has 35 heavy (non-hydrogen) atoms. The molecule has 0 fully saturated rings. The minimum absolute atomic E-state index is 0. The first kappa shape index (κ1) is 28.0. The van der Waals surface area contributed by atoms with Gasteiger partial charge in [0.1, 0.15) is 5.75 Å². The molecule has 0 saturated carbocycles. The summed E-state index contributed by atoms with van der Waals surface area (Å²) in [4.78, 5) is 2.43. The second kappa shape index (κ2) is 13.6. The molecular formula is C31H34ClNO2. The number of likely N-dealkylation sites (N-methyl/N-ethyl adjacent to an activating group) is 1. The van der Waals surface area contributed by atoms with Gasteiger partial charge in [0.05, 0.1) is 7.11 Å². The Morgan fingerprint density at radius 1 is 0.829 bits per heavy atom. The Morgan fingerprint density at radius 2 is 1.54 bits per heavy atom. The summed E-state index contributed by atoms with van der Waals surface area (Å²) in [7, 11) is 3.93. The zero-order valence-electron chi connectivity index (χ0n) is 20.6. The van der Waals surface area contributed by atoms with Gasteiger partial charge in [-0.3, -0.25) is 0 Å². The number of ether oxygens (including phenoxy) is 1. The fourth-order valence-electron chi connectivity index (χ4n) is 4.04. The molecule has 0 saturated heterocycles. The van der Waals surface area contributed by atoms with E-state index in [2.05, 4.69) is 85.3 Å². The molecule has 3 nitrogen and oxygen atoms in total. The maximum Gasteiger partial charge on any atom is 0.119 e. The van der Waals surface area contributed by atoms with Gasteiger partial charge in [-0.1, -0.05) is 72.5 Å². The molecule has 2 N–H and O–H groups in total. The Hall–Kier alpha value is -3.29. The molecule has 1 unspecified atom stereocenters. The van der Waals surface area contributed by atoms with Crippen LogP contribution in [0.3, 0.4) is 0 Å². The summed E-state index contributed by atoms with van der Waals surface area (Å²) in [5.74, 6) is 7.55. The van der Waals surface area contributed by atoms with Gasteiger partial charge < -0.3 is 15.1 Å². The van der Waals surface area contributed by atoms with Crippen molar-refractivity contribution in [2.24, 2.45) is 0 Å². The summed E-state index contributed by atoms with van der Waals surface area (Å²) < 4.78 is 5.49. The van der Waals surface area contributed by atoms with Crippen LogP contribution in [0, 0.1) is 11.8 Å². The van der Waals surface area contributed by atoms with Crippen LogP contribution in [0.4, 0.5) is 0 Å². The smallest absolute Gasteiger partial charge is 0.119 e. The summed E-state index contributed by atoms with van der Waals surface area (Å²) in [6, 6.07) is 32.0. The summed E-state index contributed by atoms with van der Waals surface area (Å²) in [5, 5.41) is 2.61. The zero-order chi connectivity index (χ0) is 23.0. The van der Waals surface area contributed by atoms with E-state index in [-0.39, 0.29) is 17.9 Å². The normalized spacial score (nSPS) is 11.1. The number of benzene rings is 4. The number of halogens is 1. The van der Waals surface area contributed by atoms with Crippen LogP contribution in [-0.2, 0) is 12.8 Å². The van der Waals surface area contributed by atoms with E-state index in [1.54, 1.807) is 7.11 Å². The van der Waals surface area contributed by atoms with E-state index in [4.69, 9.17) is 4.74 Å². The van der Waals surface area contributed by atoms with E-state index in [1.807, 2.05) is 36.4 Å². The third-order valence-electron chi connectivity index (χ3n) is 6.26. The average molecular weight is 488 g/mol. The van der Waals surface area contributed by atoms with Crippen LogP contribution in [-0.4, -0.2) is 37.1 Å². The molecule has 4 heteroatoms. The molecule has 0 aliphatic rings. The maximum absolute atomic E-state index is 5.49. The largest absolute Gasteiger partial charge is 0.497 e. The van der Waals surface area contributed by atoms with Crippen molar-refractivity contribution in [2.45, 2.75) is 25.8 Å². The van der Waals surface area contributed by atoms with E-state index >= 15 is 0 Å². The van der Waals surface area contributed by atoms with Gasteiger partial charge in [-0.25, -0.2) is 0 Å². The van der Waals surface area contributed by atoms with Crippen LogP contribution < -0.4 is 4.74 Å². The molecular weight excluding hydrogens is 454 g/mol. The summed E-state index contributed by atoms with van der Waals surface area (Å²) in [6.07, 6.45) is 1.95. The number of rotatable bonds is 7. The topological polar surface area (TPSA) is 44.0 Å². The van der Waals surface area contributed by atoms with Crippen molar-refractivity contribution in [1.82, 2.24) is 4.90 Å². The van der Waals surface area contributed by atoms with E-state index in [9.17, 15) is 0 Å². The van der Waals surface area contributed by atoms with E-state index < -0.39 is 0 Å². The summed E-state index contributed by atoms with van der Waals surface area (Å²) in [5.41, 5.74) is 4.70. The highest BCUT2D eigenvalue weighted by molar-refractivity contribution is 5.85.